The molecule has 0 aromatic rings. The van der Waals surface area contributed by atoms with E-state index in [1.165, 1.54) is 0 Å². The first kappa shape index (κ1) is 14.9. The molecule has 3 heteroatoms. The van der Waals surface area contributed by atoms with Crippen LogP contribution >= 0.6 is 0 Å². The van der Waals surface area contributed by atoms with Gasteiger partial charge >= 0.3 is 9.28 Å². The van der Waals surface area contributed by atoms with Crippen LogP contribution in [0.15, 0.2) is 12.7 Å². The minimum Gasteiger partial charge on any atom is -0.396 e. The van der Waals surface area contributed by atoms with Crippen LogP contribution in [-0.2, 0) is 8.85 Å². The summed E-state index contributed by atoms with van der Waals surface area (Å²) in [7, 11) is -1.44. The van der Waals surface area contributed by atoms with Crippen molar-refractivity contribution in [2.24, 2.45) is 0 Å². The second-order valence-corrected chi connectivity index (χ2v) is 6.49. The number of rotatable bonds is 10. The van der Waals surface area contributed by atoms with Crippen LogP contribution in [0.4, 0.5) is 0 Å². The third kappa shape index (κ3) is 7.77. The maximum atomic E-state index is 5.83. The van der Waals surface area contributed by atoms with Gasteiger partial charge in [-0.15, -0.1) is 6.58 Å². The highest BCUT2D eigenvalue weighted by Gasteiger charge is 2.21. The molecule has 0 heterocycles. The van der Waals surface area contributed by atoms with Crippen LogP contribution in [0.5, 0.6) is 0 Å². The van der Waals surface area contributed by atoms with E-state index >= 15 is 0 Å². The van der Waals surface area contributed by atoms with E-state index in [2.05, 4.69) is 27.4 Å². The van der Waals surface area contributed by atoms with Gasteiger partial charge in [-0.3, -0.25) is 0 Å². The summed E-state index contributed by atoms with van der Waals surface area (Å²) in [6, 6.07) is 0. The Hall–Kier alpha value is -0.123. The molecule has 0 aliphatic rings. The van der Waals surface area contributed by atoms with Crippen LogP contribution in [0.25, 0.3) is 0 Å². The Bertz CT molecular complexity index is 143. The average Bonchev–Trinajstić information content (AvgIpc) is 2.26. The predicted octanol–water partition coefficient (Wildman–Crippen LogP) is 3.42. The molecule has 0 spiro atoms. The van der Waals surface area contributed by atoms with E-state index in [1.54, 1.807) is 0 Å². The summed E-state index contributed by atoms with van der Waals surface area (Å²) in [5, 5.41) is 0. The molecule has 0 saturated heterocycles. The van der Waals surface area contributed by atoms with Gasteiger partial charge in [-0.05, 0) is 31.2 Å². The van der Waals surface area contributed by atoms with Crippen molar-refractivity contribution in [1.29, 1.82) is 0 Å². The maximum absolute atomic E-state index is 5.83. The first-order valence-electron chi connectivity index (χ1n) is 6.10. The zero-order valence-electron chi connectivity index (χ0n) is 10.5. The summed E-state index contributed by atoms with van der Waals surface area (Å²) in [6.45, 7) is 12.0. The number of allylic oxidation sites excluding steroid dienone is 1. The zero-order chi connectivity index (χ0) is 11.5. The van der Waals surface area contributed by atoms with Gasteiger partial charge in [-0.1, -0.05) is 26.8 Å². The van der Waals surface area contributed by atoms with Crippen molar-refractivity contribution in [3.8, 4) is 0 Å². The molecule has 0 radical (unpaired) electrons. The molecule has 1 atom stereocenters. The Morgan fingerprint density at radius 2 is 1.73 bits per heavy atom. The minimum absolute atomic E-state index is 0.584. The largest absolute Gasteiger partial charge is 0.396 e. The summed E-state index contributed by atoms with van der Waals surface area (Å²) in [5.74, 6) is 0. The highest BCUT2D eigenvalue weighted by atomic mass is 28.3. The van der Waals surface area contributed by atoms with Crippen LogP contribution in [0.1, 0.15) is 46.5 Å². The van der Waals surface area contributed by atoms with E-state index in [1.807, 2.05) is 6.08 Å². The van der Waals surface area contributed by atoms with Gasteiger partial charge < -0.3 is 8.85 Å². The van der Waals surface area contributed by atoms with Crippen molar-refractivity contribution in [2.45, 2.75) is 52.0 Å². The van der Waals surface area contributed by atoms with Gasteiger partial charge in [0.1, 0.15) is 0 Å². The molecule has 15 heavy (non-hydrogen) atoms. The lowest BCUT2D eigenvalue weighted by atomic mass is 10.2. The Labute approximate surface area is 96.5 Å². The first-order chi connectivity index (χ1) is 7.26. The highest BCUT2D eigenvalue weighted by Crippen LogP contribution is 2.19. The molecule has 1 unspecified atom stereocenters. The molecule has 0 aliphatic heterocycles. The van der Waals surface area contributed by atoms with Crippen molar-refractivity contribution < 1.29 is 8.85 Å². The Balaban J connectivity index is 3.89. The Morgan fingerprint density at radius 1 is 1.20 bits per heavy atom. The van der Waals surface area contributed by atoms with Gasteiger partial charge in [0.25, 0.3) is 0 Å². The molecular weight excluding hydrogens is 204 g/mol. The molecular formula is C12H26O2Si. The van der Waals surface area contributed by atoms with Gasteiger partial charge in [-0.2, -0.15) is 0 Å². The highest BCUT2D eigenvalue weighted by molar-refractivity contribution is 6.46. The lowest BCUT2D eigenvalue weighted by Gasteiger charge is -2.21. The van der Waals surface area contributed by atoms with Crippen LogP contribution < -0.4 is 0 Å². The molecule has 0 N–H and O–H groups in total. The summed E-state index contributed by atoms with van der Waals surface area (Å²) >= 11 is 0. The monoisotopic (exact) mass is 230 g/mol. The van der Waals surface area contributed by atoms with Crippen molar-refractivity contribution in [1.82, 2.24) is 0 Å². The number of hydrogen-bond donors (Lipinski definition) is 0. The summed E-state index contributed by atoms with van der Waals surface area (Å²) in [5.41, 5.74) is 0.584. The summed E-state index contributed by atoms with van der Waals surface area (Å²) in [6.07, 6.45) is 6.34. The van der Waals surface area contributed by atoms with E-state index in [9.17, 15) is 0 Å². The topological polar surface area (TPSA) is 18.5 Å². The Morgan fingerprint density at radius 3 is 2.13 bits per heavy atom. The van der Waals surface area contributed by atoms with Gasteiger partial charge in [0.15, 0.2) is 0 Å². The van der Waals surface area contributed by atoms with E-state index in [4.69, 9.17) is 8.85 Å². The Kier molecular flexibility index (Phi) is 10.3. The lowest BCUT2D eigenvalue weighted by molar-refractivity contribution is 0.187. The smallest absolute Gasteiger partial charge is 0.324 e. The molecule has 2 nitrogen and oxygen atoms in total. The normalized spacial score (nSPS) is 13.1. The van der Waals surface area contributed by atoms with Crippen LogP contribution in [0, 0.1) is 0 Å². The minimum atomic E-state index is -1.44. The van der Waals surface area contributed by atoms with Crippen LogP contribution in [0.3, 0.4) is 0 Å². The second kappa shape index (κ2) is 10.4. The van der Waals surface area contributed by atoms with E-state index in [0.717, 1.165) is 38.9 Å². The summed E-state index contributed by atoms with van der Waals surface area (Å²) in [4.78, 5) is 0. The van der Waals surface area contributed by atoms with Crippen LogP contribution in [0.2, 0.25) is 5.54 Å². The molecule has 0 aromatic heterocycles. The van der Waals surface area contributed by atoms with Gasteiger partial charge in [0, 0.05) is 13.2 Å². The molecule has 90 valence electrons. The van der Waals surface area contributed by atoms with E-state index < -0.39 is 9.28 Å². The zero-order valence-corrected chi connectivity index (χ0v) is 11.7. The second-order valence-electron chi connectivity index (χ2n) is 3.95. The maximum Gasteiger partial charge on any atom is 0.324 e. The first-order valence-corrected chi connectivity index (χ1v) is 7.71. The number of hydrogen-bond acceptors (Lipinski definition) is 2. The molecule has 0 aliphatic carbocycles. The van der Waals surface area contributed by atoms with E-state index in [-0.39, 0.29) is 0 Å². The van der Waals surface area contributed by atoms with Gasteiger partial charge in [0.2, 0.25) is 0 Å². The SMILES string of the molecule is C=CCCC(C)[SiH](OCCC)OCCC. The van der Waals surface area contributed by atoms with Crippen molar-refractivity contribution in [3.63, 3.8) is 0 Å². The molecule has 0 rings (SSSR count). The fourth-order valence-corrected chi connectivity index (χ4v) is 3.52. The fourth-order valence-electron chi connectivity index (χ4n) is 1.36. The molecule has 0 aromatic carbocycles. The molecule has 0 amide bonds. The lowest BCUT2D eigenvalue weighted by Crippen LogP contribution is -2.28. The standard InChI is InChI=1S/C12H26O2Si/c1-5-8-9-12(4)15(13-10-6-2)14-11-7-3/h5,12,15H,1,6-11H2,2-4H3. The predicted molar refractivity (Wildman–Crippen MR) is 68.5 cm³/mol. The molecule has 0 bridgehead atoms. The van der Waals surface area contributed by atoms with Crippen molar-refractivity contribution in [3.05, 3.63) is 12.7 Å². The third-order valence-electron chi connectivity index (χ3n) is 2.26. The van der Waals surface area contributed by atoms with Crippen molar-refractivity contribution >= 4 is 9.28 Å². The van der Waals surface area contributed by atoms with Gasteiger partial charge in [-0.25, -0.2) is 0 Å². The summed E-state index contributed by atoms with van der Waals surface area (Å²) < 4.78 is 11.7. The van der Waals surface area contributed by atoms with E-state index in [0.29, 0.717) is 5.54 Å². The van der Waals surface area contributed by atoms with Gasteiger partial charge in [0.05, 0.1) is 0 Å². The third-order valence-corrected chi connectivity index (χ3v) is 4.65. The fraction of sp³-hybridized carbons (Fsp3) is 0.833. The average molecular weight is 230 g/mol. The molecule has 0 saturated carbocycles. The quantitative estimate of drug-likeness (QED) is 0.423. The molecule has 0 fully saturated rings. The van der Waals surface area contributed by atoms with Crippen molar-refractivity contribution in [2.75, 3.05) is 13.2 Å². The van der Waals surface area contributed by atoms with Crippen LogP contribution in [-0.4, -0.2) is 22.5 Å².